The summed E-state index contributed by atoms with van der Waals surface area (Å²) in [6.07, 6.45) is 10.4. The number of likely N-dealkylation sites (N-methyl/N-ethyl adjacent to an activating group) is 1. The van der Waals surface area contributed by atoms with Crippen LogP contribution in [0, 0.1) is 11.8 Å². The number of amides is 1. The van der Waals surface area contributed by atoms with E-state index in [9.17, 15) is 9.59 Å². The Morgan fingerprint density at radius 2 is 1.93 bits per heavy atom. The van der Waals surface area contributed by atoms with Gasteiger partial charge in [0.2, 0.25) is 0 Å². The van der Waals surface area contributed by atoms with Crippen LogP contribution in [0.3, 0.4) is 0 Å². The van der Waals surface area contributed by atoms with Gasteiger partial charge in [0.05, 0.1) is 6.04 Å². The third kappa shape index (κ3) is 12.4. The number of allylic oxidation sites excluding steroid dienone is 6. The summed E-state index contributed by atoms with van der Waals surface area (Å²) in [5.74, 6) is 5.90. The highest BCUT2D eigenvalue weighted by molar-refractivity contribution is 5.81. The van der Waals surface area contributed by atoms with E-state index in [0.717, 1.165) is 24.8 Å². The van der Waals surface area contributed by atoms with Crippen molar-refractivity contribution in [3.63, 3.8) is 0 Å². The van der Waals surface area contributed by atoms with Gasteiger partial charge >= 0.3 is 0 Å². The summed E-state index contributed by atoms with van der Waals surface area (Å²) in [5, 5.41) is 2.91. The van der Waals surface area contributed by atoms with Crippen LogP contribution < -0.4 is 16.2 Å². The topological polar surface area (TPSA) is 70.2 Å². The summed E-state index contributed by atoms with van der Waals surface area (Å²) in [7, 11) is 1.78. The molecule has 0 aliphatic carbocycles. The number of carbonyl (C=O) groups excluding carboxylic acids is 2. The number of nitrogens with one attached hydrogen (secondary N) is 3. The Morgan fingerprint density at radius 3 is 2.46 bits per heavy atom. The van der Waals surface area contributed by atoms with Gasteiger partial charge < -0.3 is 5.32 Å². The maximum atomic E-state index is 11.1. The SMILES string of the molecule is CCNNC(=O)C(CC)NC.C\C=C/C(C=O)=C\C=C\C#Cc1ccccc1. The smallest absolute Gasteiger partial charge is 0.251 e. The monoisotopic (exact) mass is 381 g/mol. The van der Waals surface area contributed by atoms with Crippen LogP contribution >= 0.6 is 0 Å². The molecule has 5 nitrogen and oxygen atoms in total. The molecule has 0 bridgehead atoms. The molecule has 0 fully saturated rings. The van der Waals surface area contributed by atoms with E-state index in [1.807, 2.05) is 57.2 Å². The average molecular weight is 382 g/mol. The summed E-state index contributed by atoms with van der Waals surface area (Å²) in [6.45, 7) is 6.51. The fraction of sp³-hybridized carbons (Fsp3) is 0.304. The molecular formula is C23H31N3O2. The molecule has 150 valence electrons. The lowest BCUT2D eigenvalue weighted by Gasteiger charge is -2.13. The zero-order chi connectivity index (χ0) is 21.0. The van der Waals surface area contributed by atoms with Crippen molar-refractivity contribution >= 4 is 12.2 Å². The van der Waals surface area contributed by atoms with Gasteiger partial charge in [-0.1, -0.05) is 68.2 Å². The van der Waals surface area contributed by atoms with E-state index in [4.69, 9.17) is 0 Å². The molecule has 0 saturated heterocycles. The highest BCUT2D eigenvalue weighted by Crippen LogP contribution is 1.95. The zero-order valence-electron chi connectivity index (χ0n) is 17.2. The first-order valence-corrected chi connectivity index (χ1v) is 9.34. The third-order valence-electron chi connectivity index (χ3n) is 3.42. The van der Waals surface area contributed by atoms with Gasteiger partial charge in [0.15, 0.2) is 0 Å². The second kappa shape index (κ2) is 17.5. The van der Waals surface area contributed by atoms with Gasteiger partial charge in [0, 0.05) is 17.7 Å². The van der Waals surface area contributed by atoms with Gasteiger partial charge in [0.25, 0.3) is 5.91 Å². The summed E-state index contributed by atoms with van der Waals surface area (Å²) < 4.78 is 0. The number of hydrogen-bond acceptors (Lipinski definition) is 4. The number of hydrazine groups is 1. The first-order valence-electron chi connectivity index (χ1n) is 9.34. The summed E-state index contributed by atoms with van der Waals surface area (Å²) in [6, 6.07) is 9.67. The number of aldehydes is 1. The molecule has 1 atom stereocenters. The van der Waals surface area contributed by atoms with Crippen molar-refractivity contribution in [1.82, 2.24) is 16.2 Å². The molecule has 1 amide bonds. The van der Waals surface area contributed by atoms with Crippen molar-refractivity contribution in [3.05, 3.63) is 71.8 Å². The Balaban J connectivity index is 0.000000576. The Kier molecular flexibility index (Phi) is 15.6. The van der Waals surface area contributed by atoms with Crippen molar-refractivity contribution < 1.29 is 9.59 Å². The molecule has 0 spiro atoms. The lowest BCUT2D eigenvalue weighted by atomic mass is 10.2. The minimum atomic E-state index is -0.0888. The molecule has 1 aromatic rings. The van der Waals surface area contributed by atoms with Crippen LogP contribution in [0.1, 0.15) is 32.8 Å². The van der Waals surface area contributed by atoms with Crippen LogP contribution in [-0.2, 0) is 9.59 Å². The highest BCUT2D eigenvalue weighted by atomic mass is 16.2. The van der Waals surface area contributed by atoms with Gasteiger partial charge in [-0.25, -0.2) is 5.43 Å². The van der Waals surface area contributed by atoms with Gasteiger partial charge in [-0.05, 0) is 38.6 Å². The predicted octanol–water partition coefficient (Wildman–Crippen LogP) is 2.92. The molecular weight excluding hydrogens is 350 g/mol. The number of hydrogen-bond donors (Lipinski definition) is 3. The quantitative estimate of drug-likeness (QED) is 0.213. The van der Waals surface area contributed by atoms with E-state index in [1.54, 1.807) is 31.4 Å². The van der Waals surface area contributed by atoms with Crippen LogP contribution in [0.5, 0.6) is 0 Å². The van der Waals surface area contributed by atoms with Gasteiger partial charge in [-0.3, -0.25) is 15.0 Å². The Morgan fingerprint density at radius 1 is 1.21 bits per heavy atom. The second-order valence-corrected chi connectivity index (χ2v) is 5.55. The van der Waals surface area contributed by atoms with E-state index in [0.29, 0.717) is 5.57 Å². The largest absolute Gasteiger partial charge is 0.309 e. The third-order valence-corrected chi connectivity index (χ3v) is 3.42. The van der Waals surface area contributed by atoms with Crippen molar-refractivity contribution in [2.24, 2.45) is 0 Å². The minimum absolute atomic E-state index is 0.00292. The lowest BCUT2D eigenvalue weighted by Crippen LogP contribution is -2.47. The molecule has 0 heterocycles. The number of carbonyl (C=O) groups is 2. The van der Waals surface area contributed by atoms with Gasteiger partial charge in [0.1, 0.15) is 6.29 Å². The number of benzene rings is 1. The van der Waals surface area contributed by atoms with Crippen molar-refractivity contribution in [2.75, 3.05) is 13.6 Å². The van der Waals surface area contributed by atoms with E-state index >= 15 is 0 Å². The normalized spacial score (nSPS) is 11.9. The second-order valence-electron chi connectivity index (χ2n) is 5.55. The molecule has 28 heavy (non-hydrogen) atoms. The molecule has 3 N–H and O–H groups in total. The van der Waals surface area contributed by atoms with E-state index < -0.39 is 0 Å². The molecule has 0 aromatic heterocycles. The zero-order valence-corrected chi connectivity index (χ0v) is 17.2. The van der Waals surface area contributed by atoms with Crippen LogP contribution in [0.4, 0.5) is 0 Å². The van der Waals surface area contributed by atoms with Crippen LogP contribution in [0.15, 0.2) is 66.3 Å². The maximum absolute atomic E-state index is 11.1. The minimum Gasteiger partial charge on any atom is -0.309 e. The number of rotatable bonds is 8. The Hall–Kier alpha value is -2.94. The first-order chi connectivity index (χ1) is 13.6. The molecule has 5 heteroatoms. The lowest BCUT2D eigenvalue weighted by molar-refractivity contribution is -0.124. The summed E-state index contributed by atoms with van der Waals surface area (Å²) >= 11 is 0. The molecule has 1 aromatic carbocycles. The Bertz CT molecular complexity index is 706. The van der Waals surface area contributed by atoms with Crippen molar-refractivity contribution in [1.29, 1.82) is 0 Å². The van der Waals surface area contributed by atoms with E-state index in [2.05, 4.69) is 28.0 Å². The van der Waals surface area contributed by atoms with E-state index in [-0.39, 0.29) is 11.9 Å². The molecule has 1 rings (SSSR count). The van der Waals surface area contributed by atoms with Crippen molar-refractivity contribution in [2.45, 2.75) is 33.2 Å². The van der Waals surface area contributed by atoms with Crippen molar-refractivity contribution in [3.8, 4) is 11.8 Å². The maximum Gasteiger partial charge on any atom is 0.251 e. The van der Waals surface area contributed by atoms with Gasteiger partial charge in [-0.15, -0.1) is 0 Å². The van der Waals surface area contributed by atoms with E-state index in [1.165, 1.54) is 0 Å². The predicted molar refractivity (Wildman–Crippen MR) is 116 cm³/mol. The molecule has 0 aliphatic heterocycles. The molecule has 0 radical (unpaired) electrons. The Labute approximate surface area is 169 Å². The molecule has 0 aliphatic rings. The average Bonchev–Trinajstić information content (AvgIpc) is 2.73. The fourth-order valence-corrected chi connectivity index (χ4v) is 1.96. The standard InChI is InChI=1S/C16H14O.C7H17N3O/c1-2-9-16(14-17)13-8-4-7-12-15-10-5-3-6-11-15;1-4-6(8-3)7(11)10-9-5-2/h2-6,8-11,13-14H,1H3;6,8-9H,4-5H2,1-3H3,(H,10,11)/b8-4+,9-2-,16-13+;. The molecule has 1 unspecified atom stereocenters. The summed E-state index contributed by atoms with van der Waals surface area (Å²) in [5.41, 5.74) is 6.95. The fourth-order valence-electron chi connectivity index (χ4n) is 1.96. The van der Waals surface area contributed by atoms with Crippen LogP contribution in [-0.4, -0.2) is 31.8 Å². The van der Waals surface area contributed by atoms with Crippen LogP contribution in [0.25, 0.3) is 0 Å². The summed E-state index contributed by atoms with van der Waals surface area (Å²) in [4.78, 5) is 21.7. The van der Waals surface area contributed by atoms with Crippen LogP contribution in [0.2, 0.25) is 0 Å². The molecule has 0 saturated carbocycles. The first kappa shape index (κ1) is 25.1. The van der Waals surface area contributed by atoms with Gasteiger partial charge in [-0.2, -0.15) is 0 Å². The highest BCUT2D eigenvalue weighted by Gasteiger charge is 2.11.